The monoisotopic (exact) mass is 351 g/mol. The van der Waals surface area contributed by atoms with E-state index in [0.717, 1.165) is 22.2 Å². The summed E-state index contributed by atoms with van der Waals surface area (Å²) in [6.07, 6.45) is 3.58. The van der Waals surface area contributed by atoms with Crippen LogP contribution in [0.25, 0.3) is 16.5 Å². The number of nitrogens with zero attached hydrogens (tertiary/aromatic N) is 5. The smallest absolute Gasteiger partial charge is 0.276 e. The van der Waals surface area contributed by atoms with E-state index < -0.39 is 0 Å². The zero-order valence-electron chi connectivity index (χ0n) is 16.0. The number of hydrogen-bond donors (Lipinski definition) is 0. The lowest BCUT2D eigenvalue weighted by Crippen LogP contribution is -2.41. The number of rotatable bonds is 5. The minimum atomic E-state index is -0.0700. The minimum Gasteiger partial charge on any atom is -0.335 e. The van der Waals surface area contributed by atoms with Crippen LogP contribution in [0.4, 0.5) is 0 Å². The van der Waals surface area contributed by atoms with Crippen molar-refractivity contribution in [3.63, 3.8) is 0 Å². The Morgan fingerprint density at radius 1 is 1.23 bits per heavy atom. The lowest BCUT2D eigenvalue weighted by Gasteiger charge is -2.30. The van der Waals surface area contributed by atoms with Crippen LogP contribution in [0.1, 0.15) is 43.9 Å². The van der Waals surface area contributed by atoms with Crippen LogP contribution in [0.3, 0.4) is 0 Å². The number of carbonyl (C=O) groups is 1. The Kier molecular flexibility index (Phi) is 5.02. The van der Waals surface area contributed by atoms with Gasteiger partial charge in [-0.3, -0.25) is 9.78 Å². The molecular weight excluding hydrogens is 326 g/mol. The van der Waals surface area contributed by atoms with Crippen molar-refractivity contribution in [1.82, 2.24) is 24.9 Å². The number of fused-ring (bicyclic) bond motifs is 1. The van der Waals surface area contributed by atoms with Gasteiger partial charge in [0.1, 0.15) is 0 Å². The maximum absolute atomic E-state index is 13.1. The molecule has 0 aliphatic rings. The molecule has 2 aromatic heterocycles. The van der Waals surface area contributed by atoms with Gasteiger partial charge in [0.05, 0.1) is 11.4 Å². The molecule has 6 nitrogen and oxygen atoms in total. The van der Waals surface area contributed by atoms with Crippen LogP contribution in [0.2, 0.25) is 0 Å². The van der Waals surface area contributed by atoms with Crippen molar-refractivity contribution in [3.8, 4) is 5.69 Å². The van der Waals surface area contributed by atoms with Gasteiger partial charge in [-0.1, -0.05) is 31.2 Å². The van der Waals surface area contributed by atoms with E-state index in [-0.39, 0.29) is 11.9 Å². The fourth-order valence-electron chi connectivity index (χ4n) is 3.16. The molecule has 0 bridgehead atoms. The van der Waals surface area contributed by atoms with Crippen molar-refractivity contribution in [2.24, 2.45) is 5.92 Å². The highest BCUT2D eigenvalue weighted by molar-refractivity contribution is 5.94. The van der Waals surface area contributed by atoms with Gasteiger partial charge in [0.15, 0.2) is 5.69 Å². The van der Waals surface area contributed by atoms with Crippen molar-refractivity contribution < 1.29 is 4.79 Å². The molecule has 0 radical (unpaired) electrons. The summed E-state index contributed by atoms with van der Waals surface area (Å²) in [5.74, 6) is 0.305. The van der Waals surface area contributed by atoms with Gasteiger partial charge >= 0.3 is 0 Å². The van der Waals surface area contributed by atoms with Gasteiger partial charge in [0.2, 0.25) is 0 Å². The van der Waals surface area contributed by atoms with Gasteiger partial charge in [0, 0.05) is 35.8 Å². The van der Waals surface area contributed by atoms with E-state index >= 15 is 0 Å². The van der Waals surface area contributed by atoms with E-state index in [4.69, 9.17) is 0 Å². The summed E-state index contributed by atoms with van der Waals surface area (Å²) >= 11 is 0. The number of pyridine rings is 1. The van der Waals surface area contributed by atoms with E-state index in [1.54, 1.807) is 10.9 Å². The van der Waals surface area contributed by atoms with Crippen molar-refractivity contribution in [1.29, 1.82) is 0 Å². The number of aromatic nitrogens is 4. The number of amides is 1. The van der Waals surface area contributed by atoms with Crippen LogP contribution in [0.15, 0.2) is 36.7 Å². The fourth-order valence-corrected chi connectivity index (χ4v) is 3.16. The molecule has 1 aromatic carbocycles. The summed E-state index contributed by atoms with van der Waals surface area (Å²) in [7, 11) is 0. The molecule has 0 fully saturated rings. The molecule has 1 amide bonds. The maximum atomic E-state index is 13.1. The normalized spacial score (nSPS) is 12.5. The Hall–Kier alpha value is -2.76. The molecule has 3 aromatic rings. The number of carbonyl (C=O) groups excluding carboxylic acids is 1. The predicted molar refractivity (Wildman–Crippen MR) is 102 cm³/mol. The van der Waals surface area contributed by atoms with Crippen LogP contribution in [0.5, 0.6) is 0 Å². The molecular formula is C20H25N5O. The van der Waals surface area contributed by atoms with E-state index in [2.05, 4.69) is 36.1 Å². The van der Waals surface area contributed by atoms with Crippen LogP contribution in [-0.2, 0) is 0 Å². The zero-order valence-corrected chi connectivity index (χ0v) is 16.0. The first kappa shape index (κ1) is 18.0. The molecule has 1 atom stereocenters. The lowest BCUT2D eigenvalue weighted by atomic mass is 10.0. The second kappa shape index (κ2) is 7.23. The van der Waals surface area contributed by atoms with Crippen molar-refractivity contribution >= 4 is 16.7 Å². The van der Waals surface area contributed by atoms with E-state index in [0.29, 0.717) is 18.2 Å². The Morgan fingerprint density at radius 2 is 2.00 bits per heavy atom. The summed E-state index contributed by atoms with van der Waals surface area (Å²) < 4.78 is 1.74. The van der Waals surface area contributed by atoms with E-state index in [1.165, 1.54) is 0 Å². The molecule has 0 spiro atoms. The summed E-state index contributed by atoms with van der Waals surface area (Å²) in [4.78, 5) is 19.1. The molecule has 0 aliphatic heterocycles. The minimum absolute atomic E-state index is 0.0700. The Morgan fingerprint density at radius 3 is 2.69 bits per heavy atom. The largest absolute Gasteiger partial charge is 0.335 e. The molecule has 2 heterocycles. The average molecular weight is 351 g/mol. The molecule has 0 aliphatic carbocycles. The second-order valence-corrected chi connectivity index (χ2v) is 6.89. The summed E-state index contributed by atoms with van der Waals surface area (Å²) in [5.41, 5.74) is 2.05. The van der Waals surface area contributed by atoms with Gasteiger partial charge in [-0.15, -0.1) is 5.10 Å². The molecule has 0 saturated heterocycles. The standard InChI is InChI=1S/C20H25N5O/c1-6-24(14(4)13(2)3)20(26)19-15(5)25(23-22-19)18-9-7-8-16-12-21-11-10-17(16)18/h7-14H,6H2,1-5H3. The molecule has 6 heteroatoms. The third kappa shape index (κ3) is 3.07. The van der Waals surface area contributed by atoms with Crippen LogP contribution >= 0.6 is 0 Å². The van der Waals surface area contributed by atoms with Crippen LogP contribution < -0.4 is 0 Å². The Labute approximate surface area is 153 Å². The lowest BCUT2D eigenvalue weighted by molar-refractivity contribution is 0.0653. The van der Waals surface area contributed by atoms with Gasteiger partial charge in [0.25, 0.3) is 5.91 Å². The van der Waals surface area contributed by atoms with E-state index in [1.807, 2.05) is 49.2 Å². The first-order valence-electron chi connectivity index (χ1n) is 9.02. The third-order valence-corrected chi connectivity index (χ3v) is 5.04. The molecule has 26 heavy (non-hydrogen) atoms. The summed E-state index contributed by atoms with van der Waals surface area (Å²) in [5, 5.41) is 10.5. The fraction of sp³-hybridized carbons (Fsp3) is 0.400. The Bertz CT molecular complexity index is 926. The van der Waals surface area contributed by atoms with Crippen molar-refractivity contribution in [2.75, 3.05) is 6.54 Å². The van der Waals surface area contributed by atoms with Crippen LogP contribution in [0, 0.1) is 12.8 Å². The first-order valence-corrected chi connectivity index (χ1v) is 9.02. The SMILES string of the molecule is CCN(C(=O)c1nnn(-c2cccc3cnccc23)c1C)C(C)C(C)C. The van der Waals surface area contributed by atoms with Gasteiger partial charge in [-0.25, -0.2) is 4.68 Å². The van der Waals surface area contributed by atoms with Crippen molar-refractivity contribution in [3.05, 3.63) is 48.0 Å². The average Bonchev–Trinajstić information content (AvgIpc) is 3.02. The topological polar surface area (TPSA) is 63.9 Å². The number of benzene rings is 1. The zero-order chi connectivity index (χ0) is 18.8. The van der Waals surface area contributed by atoms with Crippen molar-refractivity contribution in [2.45, 2.75) is 40.7 Å². The van der Waals surface area contributed by atoms with Gasteiger partial charge < -0.3 is 4.90 Å². The van der Waals surface area contributed by atoms with E-state index in [9.17, 15) is 4.79 Å². The molecule has 0 N–H and O–H groups in total. The first-order chi connectivity index (χ1) is 12.5. The highest BCUT2D eigenvalue weighted by atomic mass is 16.2. The summed E-state index contributed by atoms with van der Waals surface area (Å²) in [6.45, 7) is 10.8. The van der Waals surface area contributed by atoms with Crippen LogP contribution in [-0.4, -0.2) is 43.4 Å². The maximum Gasteiger partial charge on any atom is 0.276 e. The second-order valence-electron chi connectivity index (χ2n) is 6.89. The Balaban J connectivity index is 2.04. The highest BCUT2D eigenvalue weighted by Crippen LogP contribution is 2.23. The molecule has 0 saturated carbocycles. The molecule has 1 unspecified atom stereocenters. The van der Waals surface area contributed by atoms with Gasteiger partial charge in [-0.05, 0) is 38.8 Å². The van der Waals surface area contributed by atoms with Gasteiger partial charge in [-0.2, -0.15) is 0 Å². The number of hydrogen-bond acceptors (Lipinski definition) is 4. The summed E-state index contributed by atoms with van der Waals surface area (Å²) in [6, 6.07) is 8.04. The highest BCUT2D eigenvalue weighted by Gasteiger charge is 2.27. The third-order valence-electron chi connectivity index (χ3n) is 5.04. The quantitative estimate of drug-likeness (QED) is 0.704. The predicted octanol–water partition coefficient (Wildman–Crippen LogP) is 3.63. The molecule has 3 rings (SSSR count). The molecule has 136 valence electrons.